The SMILES string of the molecule is O=S(=O)(Nc1cccc(CCCO)c1)c1cccc(F)c1. The molecular weight excluding hydrogens is 293 g/mol. The van der Waals surface area contributed by atoms with E-state index < -0.39 is 15.8 Å². The number of benzene rings is 2. The summed E-state index contributed by atoms with van der Waals surface area (Å²) >= 11 is 0. The quantitative estimate of drug-likeness (QED) is 0.862. The first-order chi connectivity index (χ1) is 10.0. The maximum atomic E-state index is 13.1. The van der Waals surface area contributed by atoms with Crippen LogP contribution in [0.4, 0.5) is 10.1 Å². The molecule has 0 fully saturated rings. The number of nitrogens with one attached hydrogen (secondary N) is 1. The van der Waals surface area contributed by atoms with Crippen molar-refractivity contribution in [2.45, 2.75) is 17.7 Å². The molecule has 0 amide bonds. The van der Waals surface area contributed by atoms with E-state index >= 15 is 0 Å². The summed E-state index contributed by atoms with van der Waals surface area (Å²) in [5, 5.41) is 8.81. The molecule has 0 aliphatic rings. The van der Waals surface area contributed by atoms with Crippen LogP contribution in [-0.2, 0) is 16.4 Å². The van der Waals surface area contributed by atoms with Gasteiger partial charge in [0, 0.05) is 12.3 Å². The molecule has 6 heteroatoms. The standard InChI is InChI=1S/C15H16FNO3S/c16-13-6-2-8-15(11-13)21(19,20)17-14-7-1-4-12(10-14)5-3-9-18/h1-2,4,6-8,10-11,17-18H,3,5,9H2. The highest BCUT2D eigenvalue weighted by atomic mass is 32.2. The molecule has 0 radical (unpaired) electrons. The second kappa shape index (κ2) is 6.69. The summed E-state index contributed by atoms with van der Waals surface area (Å²) in [5.74, 6) is -0.602. The maximum Gasteiger partial charge on any atom is 0.261 e. The van der Waals surface area contributed by atoms with Crippen molar-refractivity contribution >= 4 is 15.7 Å². The number of halogens is 1. The van der Waals surface area contributed by atoms with Crippen LogP contribution in [0.15, 0.2) is 53.4 Å². The van der Waals surface area contributed by atoms with Gasteiger partial charge in [-0.05, 0) is 48.7 Å². The van der Waals surface area contributed by atoms with Crippen molar-refractivity contribution in [3.8, 4) is 0 Å². The minimum atomic E-state index is -3.81. The number of aliphatic hydroxyl groups excluding tert-OH is 1. The predicted octanol–water partition coefficient (Wildman–Crippen LogP) is 2.55. The first kappa shape index (κ1) is 15.5. The molecule has 4 nitrogen and oxygen atoms in total. The number of hydrogen-bond acceptors (Lipinski definition) is 3. The molecule has 2 N–H and O–H groups in total. The summed E-state index contributed by atoms with van der Waals surface area (Å²) in [6, 6.07) is 11.8. The number of rotatable bonds is 6. The average molecular weight is 309 g/mol. The molecule has 112 valence electrons. The zero-order valence-electron chi connectivity index (χ0n) is 11.3. The number of anilines is 1. The molecule has 2 aromatic carbocycles. The smallest absolute Gasteiger partial charge is 0.261 e. The Hall–Kier alpha value is -1.92. The van der Waals surface area contributed by atoms with E-state index in [1.54, 1.807) is 18.2 Å². The Bertz CT molecular complexity index is 716. The highest BCUT2D eigenvalue weighted by molar-refractivity contribution is 7.92. The van der Waals surface area contributed by atoms with E-state index in [0.29, 0.717) is 18.5 Å². The van der Waals surface area contributed by atoms with Gasteiger partial charge in [-0.25, -0.2) is 12.8 Å². The summed E-state index contributed by atoms with van der Waals surface area (Å²) in [4.78, 5) is -0.122. The number of sulfonamides is 1. The van der Waals surface area contributed by atoms with Gasteiger partial charge >= 0.3 is 0 Å². The van der Waals surface area contributed by atoms with Crippen LogP contribution in [0, 0.1) is 5.82 Å². The Labute approximate surface area is 123 Å². The molecule has 2 aromatic rings. The second-order valence-electron chi connectivity index (χ2n) is 4.59. The number of aryl methyl sites for hydroxylation is 1. The summed E-state index contributed by atoms with van der Waals surface area (Å²) in [6.45, 7) is 0.0826. The molecule has 0 bridgehead atoms. The lowest BCUT2D eigenvalue weighted by molar-refractivity contribution is 0.288. The van der Waals surface area contributed by atoms with Crippen molar-refractivity contribution in [2.24, 2.45) is 0 Å². The Morgan fingerprint density at radius 3 is 2.57 bits per heavy atom. The van der Waals surface area contributed by atoms with Crippen molar-refractivity contribution in [2.75, 3.05) is 11.3 Å². The molecule has 0 aliphatic heterocycles. The Balaban J connectivity index is 2.20. The van der Waals surface area contributed by atoms with Crippen molar-refractivity contribution in [3.05, 3.63) is 59.9 Å². The lowest BCUT2D eigenvalue weighted by Gasteiger charge is -2.09. The van der Waals surface area contributed by atoms with E-state index in [-0.39, 0.29) is 11.5 Å². The summed E-state index contributed by atoms with van der Waals surface area (Å²) in [5.41, 5.74) is 1.33. The number of aliphatic hydroxyl groups is 1. The molecule has 0 heterocycles. The lowest BCUT2D eigenvalue weighted by atomic mass is 10.1. The molecule has 0 atom stereocenters. The molecule has 2 rings (SSSR count). The minimum Gasteiger partial charge on any atom is -0.396 e. The van der Waals surface area contributed by atoms with Gasteiger partial charge in [0.25, 0.3) is 10.0 Å². The van der Waals surface area contributed by atoms with Gasteiger partial charge in [0.1, 0.15) is 5.82 Å². The summed E-state index contributed by atoms with van der Waals surface area (Å²) in [6.07, 6.45) is 1.27. The van der Waals surface area contributed by atoms with Crippen LogP contribution in [0.2, 0.25) is 0 Å². The van der Waals surface area contributed by atoms with Crippen LogP contribution in [0.3, 0.4) is 0 Å². The average Bonchev–Trinajstić information content (AvgIpc) is 2.45. The highest BCUT2D eigenvalue weighted by Gasteiger charge is 2.14. The van der Waals surface area contributed by atoms with Gasteiger partial charge < -0.3 is 5.11 Å². The first-order valence-corrected chi connectivity index (χ1v) is 7.98. The first-order valence-electron chi connectivity index (χ1n) is 6.49. The lowest BCUT2D eigenvalue weighted by Crippen LogP contribution is -2.13. The third kappa shape index (κ3) is 4.27. The zero-order valence-corrected chi connectivity index (χ0v) is 12.1. The van der Waals surface area contributed by atoms with E-state index in [2.05, 4.69) is 4.72 Å². The summed E-state index contributed by atoms with van der Waals surface area (Å²) < 4.78 is 39.9. The fourth-order valence-corrected chi connectivity index (χ4v) is 3.00. The van der Waals surface area contributed by atoms with Crippen molar-refractivity contribution in [1.82, 2.24) is 0 Å². The fourth-order valence-electron chi connectivity index (χ4n) is 1.92. The highest BCUT2D eigenvalue weighted by Crippen LogP contribution is 2.18. The normalized spacial score (nSPS) is 11.3. The molecule has 0 saturated heterocycles. The fraction of sp³-hybridized carbons (Fsp3) is 0.200. The van der Waals surface area contributed by atoms with Crippen LogP contribution < -0.4 is 4.72 Å². The molecule has 0 saturated carbocycles. The third-order valence-corrected chi connectivity index (χ3v) is 4.29. The van der Waals surface area contributed by atoms with Gasteiger partial charge in [0.2, 0.25) is 0 Å². The zero-order chi connectivity index (χ0) is 15.3. The van der Waals surface area contributed by atoms with E-state index in [1.165, 1.54) is 18.2 Å². The Morgan fingerprint density at radius 2 is 1.86 bits per heavy atom. The van der Waals surface area contributed by atoms with Crippen LogP contribution >= 0.6 is 0 Å². The van der Waals surface area contributed by atoms with Gasteiger partial charge in [-0.2, -0.15) is 0 Å². The maximum absolute atomic E-state index is 13.1. The largest absolute Gasteiger partial charge is 0.396 e. The molecule has 0 unspecified atom stereocenters. The Morgan fingerprint density at radius 1 is 1.10 bits per heavy atom. The van der Waals surface area contributed by atoms with Gasteiger partial charge in [-0.1, -0.05) is 18.2 Å². The predicted molar refractivity (Wildman–Crippen MR) is 79.1 cm³/mol. The third-order valence-electron chi connectivity index (χ3n) is 2.91. The Kier molecular flexibility index (Phi) is 4.93. The second-order valence-corrected chi connectivity index (χ2v) is 6.27. The van der Waals surface area contributed by atoms with Gasteiger partial charge in [0.15, 0.2) is 0 Å². The van der Waals surface area contributed by atoms with Crippen molar-refractivity contribution in [3.63, 3.8) is 0 Å². The minimum absolute atomic E-state index is 0.0826. The van der Waals surface area contributed by atoms with Crippen LogP contribution in [0.1, 0.15) is 12.0 Å². The van der Waals surface area contributed by atoms with Crippen LogP contribution in [0.25, 0.3) is 0 Å². The van der Waals surface area contributed by atoms with Gasteiger partial charge in [-0.3, -0.25) is 4.72 Å². The van der Waals surface area contributed by atoms with Crippen LogP contribution in [0.5, 0.6) is 0 Å². The van der Waals surface area contributed by atoms with Gasteiger partial charge in [-0.15, -0.1) is 0 Å². The van der Waals surface area contributed by atoms with Crippen LogP contribution in [-0.4, -0.2) is 20.1 Å². The van der Waals surface area contributed by atoms with E-state index in [0.717, 1.165) is 11.6 Å². The van der Waals surface area contributed by atoms with E-state index in [4.69, 9.17) is 5.11 Å². The molecule has 21 heavy (non-hydrogen) atoms. The van der Waals surface area contributed by atoms with Crippen molar-refractivity contribution in [1.29, 1.82) is 0 Å². The number of hydrogen-bond donors (Lipinski definition) is 2. The summed E-state index contributed by atoms with van der Waals surface area (Å²) in [7, 11) is -3.81. The van der Waals surface area contributed by atoms with Crippen molar-refractivity contribution < 1.29 is 17.9 Å². The van der Waals surface area contributed by atoms with Gasteiger partial charge in [0.05, 0.1) is 4.90 Å². The molecule has 0 aromatic heterocycles. The molecule has 0 spiro atoms. The van der Waals surface area contributed by atoms with E-state index in [9.17, 15) is 12.8 Å². The molecular formula is C15H16FNO3S. The van der Waals surface area contributed by atoms with E-state index in [1.807, 2.05) is 6.07 Å². The molecule has 0 aliphatic carbocycles. The monoisotopic (exact) mass is 309 g/mol. The topological polar surface area (TPSA) is 66.4 Å².